The van der Waals surface area contributed by atoms with E-state index < -0.39 is 0 Å². The van der Waals surface area contributed by atoms with Crippen molar-refractivity contribution in [3.63, 3.8) is 0 Å². The zero-order valence-electron chi connectivity index (χ0n) is 11.3. The second-order valence-corrected chi connectivity index (χ2v) is 6.63. The van der Waals surface area contributed by atoms with E-state index >= 15 is 0 Å². The van der Waals surface area contributed by atoms with Gasteiger partial charge in [0.25, 0.3) is 0 Å². The van der Waals surface area contributed by atoms with E-state index in [4.69, 9.17) is 23.2 Å². The predicted molar refractivity (Wildman–Crippen MR) is 80.7 cm³/mol. The molecule has 0 aromatic heterocycles. The molecule has 1 fully saturated rings. The first-order chi connectivity index (χ1) is 8.60. The van der Waals surface area contributed by atoms with Crippen molar-refractivity contribution in [3.8, 4) is 0 Å². The highest BCUT2D eigenvalue weighted by Gasteiger charge is 2.28. The van der Waals surface area contributed by atoms with Crippen LogP contribution >= 0.6 is 23.2 Å². The number of benzene rings is 1. The fraction of sp³-hybridized carbons (Fsp3) is 0.625. The van der Waals surface area contributed by atoms with E-state index in [2.05, 4.69) is 32.0 Å². The third kappa shape index (κ3) is 3.42. The molecule has 0 bridgehead atoms. The zero-order valence-corrected chi connectivity index (χ0v) is 12.8. The van der Waals surface area contributed by atoms with E-state index in [1.165, 1.54) is 30.4 Å². The van der Waals surface area contributed by atoms with Crippen LogP contribution in [-0.4, -0.2) is 5.38 Å². The molecule has 1 aliphatic rings. The number of hydrogen-bond donors (Lipinski definition) is 0. The van der Waals surface area contributed by atoms with Crippen molar-refractivity contribution in [1.82, 2.24) is 0 Å². The maximum atomic E-state index is 6.50. The molecule has 2 heteroatoms. The smallest absolute Gasteiger partial charge is 0.0440 e. The fourth-order valence-corrected chi connectivity index (χ4v) is 3.64. The molecule has 0 radical (unpaired) electrons. The van der Waals surface area contributed by atoms with Gasteiger partial charge < -0.3 is 0 Å². The maximum absolute atomic E-state index is 6.50. The summed E-state index contributed by atoms with van der Waals surface area (Å²) >= 11 is 12.8. The van der Waals surface area contributed by atoms with E-state index in [1.807, 2.05) is 0 Å². The quantitative estimate of drug-likeness (QED) is 0.632. The summed E-state index contributed by atoms with van der Waals surface area (Å²) < 4.78 is 0. The summed E-state index contributed by atoms with van der Waals surface area (Å²) in [4.78, 5) is 0. The molecule has 18 heavy (non-hydrogen) atoms. The highest BCUT2D eigenvalue weighted by atomic mass is 35.5. The molecular weight excluding hydrogens is 263 g/mol. The van der Waals surface area contributed by atoms with Gasteiger partial charge in [0.1, 0.15) is 0 Å². The van der Waals surface area contributed by atoms with Crippen molar-refractivity contribution >= 4 is 23.2 Å². The molecule has 0 spiro atoms. The van der Waals surface area contributed by atoms with Crippen LogP contribution in [0.25, 0.3) is 0 Å². The Labute approximate surface area is 121 Å². The van der Waals surface area contributed by atoms with Crippen LogP contribution in [0.2, 0.25) is 5.02 Å². The molecule has 0 aliphatic heterocycles. The Morgan fingerprint density at radius 3 is 2.72 bits per heavy atom. The van der Waals surface area contributed by atoms with Crippen molar-refractivity contribution in [2.75, 3.05) is 0 Å². The van der Waals surface area contributed by atoms with Gasteiger partial charge in [-0.25, -0.2) is 0 Å². The molecular formula is C16H22Cl2. The summed E-state index contributed by atoms with van der Waals surface area (Å²) in [5.74, 6) is 1.44. The molecule has 0 saturated heterocycles. The Balaban J connectivity index is 2.07. The number of alkyl halides is 1. The van der Waals surface area contributed by atoms with Crippen LogP contribution in [0, 0.1) is 18.8 Å². The first-order valence-electron chi connectivity index (χ1n) is 6.99. The molecule has 2 rings (SSSR count). The van der Waals surface area contributed by atoms with Crippen molar-refractivity contribution in [2.24, 2.45) is 11.8 Å². The molecule has 0 amide bonds. The Kier molecular flexibility index (Phi) is 4.98. The Bertz CT molecular complexity index is 400. The van der Waals surface area contributed by atoms with Gasteiger partial charge in [-0.1, -0.05) is 37.1 Å². The van der Waals surface area contributed by atoms with Gasteiger partial charge in [-0.3, -0.25) is 0 Å². The topological polar surface area (TPSA) is 0 Å². The molecule has 1 saturated carbocycles. The minimum absolute atomic E-state index is 0.324. The third-order valence-corrected chi connectivity index (χ3v) is 5.19. The van der Waals surface area contributed by atoms with Gasteiger partial charge in [0.05, 0.1) is 0 Å². The molecule has 3 atom stereocenters. The average molecular weight is 285 g/mol. The van der Waals surface area contributed by atoms with Gasteiger partial charge in [0.2, 0.25) is 0 Å². The third-order valence-electron chi connectivity index (χ3n) is 4.27. The monoisotopic (exact) mass is 284 g/mol. The molecule has 1 aromatic rings. The van der Waals surface area contributed by atoms with E-state index in [0.717, 1.165) is 23.8 Å². The van der Waals surface area contributed by atoms with Crippen LogP contribution in [0.1, 0.15) is 43.7 Å². The van der Waals surface area contributed by atoms with Crippen LogP contribution in [0.3, 0.4) is 0 Å². The zero-order chi connectivity index (χ0) is 13.1. The van der Waals surface area contributed by atoms with Crippen molar-refractivity contribution in [2.45, 2.75) is 51.3 Å². The summed E-state index contributed by atoms with van der Waals surface area (Å²) in [7, 11) is 0. The summed E-state index contributed by atoms with van der Waals surface area (Å²) in [6.07, 6.45) is 6.03. The Morgan fingerprint density at radius 1 is 1.28 bits per heavy atom. The maximum Gasteiger partial charge on any atom is 0.0440 e. The second-order valence-electron chi connectivity index (χ2n) is 5.66. The molecule has 1 aromatic carbocycles. The Morgan fingerprint density at radius 2 is 2.06 bits per heavy atom. The summed E-state index contributed by atoms with van der Waals surface area (Å²) in [6.45, 7) is 4.36. The van der Waals surface area contributed by atoms with Gasteiger partial charge in [-0.2, -0.15) is 0 Å². The van der Waals surface area contributed by atoms with E-state index in [1.54, 1.807) is 0 Å². The second kappa shape index (κ2) is 6.30. The molecule has 0 N–H and O–H groups in total. The lowest BCUT2D eigenvalue weighted by atomic mass is 9.77. The van der Waals surface area contributed by atoms with Gasteiger partial charge in [-0.15, -0.1) is 11.6 Å². The Hall–Kier alpha value is -0.200. The predicted octanol–water partition coefficient (Wildman–Crippen LogP) is 5.62. The van der Waals surface area contributed by atoms with Crippen LogP contribution in [0.4, 0.5) is 0 Å². The first-order valence-corrected chi connectivity index (χ1v) is 7.80. The number of aryl methyl sites for hydroxylation is 1. The lowest BCUT2D eigenvalue weighted by Gasteiger charge is -2.32. The van der Waals surface area contributed by atoms with E-state index in [9.17, 15) is 0 Å². The summed E-state index contributed by atoms with van der Waals surface area (Å²) in [6, 6.07) is 6.36. The van der Waals surface area contributed by atoms with Gasteiger partial charge >= 0.3 is 0 Å². The largest absolute Gasteiger partial charge is 0.123 e. The number of hydrogen-bond acceptors (Lipinski definition) is 0. The van der Waals surface area contributed by atoms with Crippen molar-refractivity contribution in [3.05, 3.63) is 34.3 Å². The summed E-state index contributed by atoms with van der Waals surface area (Å²) in [5.41, 5.74) is 2.48. The van der Waals surface area contributed by atoms with Gasteiger partial charge in [-0.05, 0) is 61.6 Å². The molecule has 0 nitrogen and oxygen atoms in total. The summed E-state index contributed by atoms with van der Waals surface area (Å²) in [5, 5.41) is 1.22. The van der Waals surface area contributed by atoms with Crippen LogP contribution < -0.4 is 0 Å². The minimum Gasteiger partial charge on any atom is -0.123 e. The number of halogens is 2. The van der Waals surface area contributed by atoms with E-state index in [0.29, 0.717) is 11.3 Å². The van der Waals surface area contributed by atoms with Crippen LogP contribution in [-0.2, 0) is 6.42 Å². The standard InChI is InChI=1S/C16H22Cl2/c1-3-12-5-7-15(17)14(9-12)10-13-6-4-11(2)8-16(13)18/h4,6,8,12,14-15H,3,5,7,9-10H2,1-2H3. The fourth-order valence-electron chi connectivity index (χ4n) is 3.01. The van der Waals surface area contributed by atoms with Crippen LogP contribution in [0.15, 0.2) is 18.2 Å². The lowest BCUT2D eigenvalue weighted by molar-refractivity contribution is 0.265. The SMILES string of the molecule is CCC1CCC(Cl)C(Cc2ccc(C)cc2Cl)C1. The minimum atomic E-state index is 0.324. The van der Waals surface area contributed by atoms with Crippen LogP contribution in [0.5, 0.6) is 0 Å². The van der Waals surface area contributed by atoms with Crippen molar-refractivity contribution < 1.29 is 0 Å². The average Bonchev–Trinajstić information content (AvgIpc) is 2.35. The molecule has 100 valence electrons. The molecule has 1 aliphatic carbocycles. The molecule has 3 unspecified atom stereocenters. The highest BCUT2D eigenvalue weighted by molar-refractivity contribution is 6.31. The van der Waals surface area contributed by atoms with Gasteiger partial charge in [0, 0.05) is 10.4 Å². The lowest BCUT2D eigenvalue weighted by Crippen LogP contribution is -2.27. The van der Waals surface area contributed by atoms with Crippen molar-refractivity contribution in [1.29, 1.82) is 0 Å². The first kappa shape index (κ1) is 14.2. The number of rotatable bonds is 3. The normalized spacial score (nSPS) is 28.3. The molecule has 0 heterocycles. The highest BCUT2D eigenvalue weighted by Crippen LogP contribution is 2.37. The van der Waals surface area contributed by atoms with Gasteiger partial charge in [0.15, 0.2) is 0 Å². The van der Waals surface area contributed by atoms with E-state index in [-0.39, 0.29) is 0 Å².